The van der Waals surface area contributed by atoms with Crippen molar-refractivity contribution in [2.75, 3.05) is 13.7 Å². The topological polar surface area (TPSA) is 64.4 Å². The van der Waals surface area contributed by atoms with Crippen molar-refractivity contribution in [2.45, 2.75) is 19.9 Å². The highest BCUT2D eigenvalue weighted by molar-refractivity contribution is 5.43. The number of benzene rings is 1. The molecule has 1 N–H and O–H groups in total. The Morgan fingerprint density at radius 3 is 2.81 bits per heavy atom. The first-order valence-corrected chi connectivity index (χ1v) is 5.23. The Balaban J connectivity index is 2.94. The van der Waals surface area contributed by atoms with Gasteiger partial charge in [-0.25, -0.2) is 0 Å². The van der Waals surface area contributed by atoms with E-state index in [0.29, 0.717) is 18.9 Å². The molecule has 0 fully saturated rings. The summed E-state index contributed by atoms with van der Waals surface area (Å²) >= 11 is 0. The van der Waals surface area contributed by atoms with Gasteiger partial charge in [-0.15, -0.1) is 0 Å². The molecule has 0 heterocycles. The van der Waals surface area contributed by atoms with Gasteiger partial charge in [0.1, 0.15) is 5.75 Å². The minimum absolute atomic E-state index is 0.0918. The highest BCUT2D eigenvalue weighted by Gasteiger charge is 2.10. The molecule has 0 aliphatic carbocycles. The molecule has 88 valence electrons. The lowest BCUT2D eigenvalue weighted by molar-refractivity contribution is -0.384. The van der Waals surface area contributed by atoms with Gasteiger partial charge in [-0.3, -0.25) is 10.1 Å². The molecule has 0 aromatic heterocycles. The summed E-state index contributed by atoms with van der Waals surface area (Å²) in [6.45, 7) is 3.19. The van der Waals surface area contributed by atoms with E-state index < -0.39 is 4.92 Å². The zero-order valence-corrected chi connectivity index (χ0v) is 9.53. The van der Waals surface area contributed by atoms with Crippen molar-refractivity contribution in [3.63, 3.8) is 0 Å². The standard InChI is InChI=1S/C11H16N2O3/c1-3-6-16-11-5-4-10(13(14)15)7-9(11)8-12-2/h4-5,7,12H,3,6,8H2,1-2H3. The molecule has 0 saturated carbocycles. The second kappa shape index (κ2) is 6.07. The lowest BCUT2D eigenvalue weighted by Gasteiger charge is -2.10. The van der Waals surface area contributed by atoms with E-state index in [9.17, 15) is 10.1 Å². The predicted molar refractivity (Wildman–Crippen MR) is 61.6 cm³/mol. The Hall–Kier alpha value is -1.62. The van der Waals surface area contributed by atoms with Gasteiger partial charge >= 0.3 is 0 Å². The highest BCUT2D eigenvalue weighted by atomic mass is 16.6. The van der Waals surface area contributed by atoms with E-state index in [2.05, 4.69) is 5.32 Å². The Bertz CT molecular complexity index is 366. The minimum Gasteiger partial charge on any atom is -0.493 e. The van der Waals surface area contributed by atoms with Crippen molar-refractivity contribution in [3.8, 4) is 5.75 Å². The van der Waals surface area contributed by atoms with Crippen molar-refractivity contribution in [3.05, 3.63) is 33.9 Å². The van der Waals surface area contributed by atoms with Crippen LogP contribution in [0.1, 0.15) is 18.9 Å². The summed E-state index contributed by atoms with van der Waals surface area (Å²) in [7, 11) is 1.79. The van der Waals surface area contributed by atoms with Gasteiger partial charge in [0.25, 0.3) is 5.69 Å². The van der Waals surface area contributed by atoms with Crippen LogP contribution < -0.4 is 10.1 Å². The molecule has 5 heteroatoms. The van der Waals surface area contributed by atoms with E-state index in [-0.39, 0.29) is 5.69 Å². The molecule has 1 rings (SSSR count). The van der Waals surface area contributed by atoms with Crippen LogP contribution in [0.2, 0.25) is 0 Å². The molecule has 5 nitrogen and oxygen atoms in total. The van der Waals surface area contributed by atoms with Gasteiger partial charge in [-0.1, -0.05) is 6.92 Å². The minimum atomic E-state index is -0.400. The van der Waals surface area contributed by atoms with Gasteiger partial charge in [0.05, 0.1) is 11.5 Å². The third-order valence-electron chi connectivity index (χ3n) is 2.08. The normalized spacial score (nSPS) is 10.1. The Morgan fingerprint density at radius 1 is 1.50 bits per heavy atom. The number of nitro groups is 1. The number of non-ortho nitro benzene ring substituents is 1. The van der Waals surface area contributed by atoms with E-state index in [4.69, 9.17) is 4.74 Å². The zero-order chi connectivity index (χ0) is 12.0. The van der Waals surface area contributed by atoms with Gasteiger partial charge in [-0.2, -0.15) is 0 Å². The van der Waals surface area contributed by atoms with Crippen molar-refractivity contribution < 1.29 is 9.66 Å². The molecule has 0 saturated heterocycles. The second-order valence-corrected chi connectivity index (χ2v) is 3.43. The largest absolute Gasteiger partial charge is 0.493 e. The maximum Gasteiger partial charge on any atom is 0.270 e. The van der Waals surface area contributed by atoms with Crippen molar-refractivity contribution in [2.24, 2.45) is 0 Å². The SMILES string of the molecule is CCCOc1ccc([N+](=O)[O-])cc1CNC. The fourth-order valence-corrected chi connectivity index (χ4v) is 1.36. The molecule has 16 heavy (non-hydrogen) atoms. The first-order chi connectivity index (χ1) is 7.69. The predicted octanol–water partition coefficient (Wildman–Crippen LogP) is 2.10. The molecule has 0 aliphatic rings. The van der Waals surface area contributed by atoms with Gasteiger partial charge in [0.15, 0.2) is 0 Å². The van der Waals surface area contributed by atoms with Gasteiger partial charge < -0.3 is 10.1 Å². The van der Waals surface area contributed by atoms with E-state index in [0.717, 1.165) is 12.0 Å². The number of rotatable bonds is 6. The first kappa shape index (κ1) is 12.4. The number of nitrogens with zero attached hydrogens (tertiary/aromatic N) is 1. The van der Waals surface area contributed by atoms with Crippen LogP contribution in [0, 0.1) is 10.1 Å². The Morgan fingerprint density at radius 2 is 2.25 bits per heavy atom. The van der Waals surface area contributed by atoms with Crippen LogP contribution in [0.3, 0.4) is 0 Å². The monoisotopic (exact) mass is 224 g/mol. The average molecular weight is 224 g/mol. The smallest absolute Gasteiger partial charge is 0.270 e. The fourth-order valence-electron chi connectivity index (χ4n) is 1.36. The summed E-state index contributed by atoms with van der Waals surface area (Å²) in [6, 6.07) is 4.66. The summed E-state index contributed by atoms with van der Waals surface area (Å²) in [6.07, 6.45) is 0.913. The zero-order valence-electron chi connectivity index (χ0n) is 9.53. The third kappa shape index (κ3) is 3.20. The van der Waals surface area contributed by atoms with Crippen molar-refractivity contribution in [1.29, 1.82) is 0 Å². The molecule has 0 atom stereocenters. The maximum absolute atomic E-state index is 10.6. The molecular weight excluding hydrogens is 208 g/mol. The average Bonchev–Trinajstić information content (AvgIpc) is 2.27. The van der Waals surface area contributed by atoms with Gasteiger partial charge in [0.2, 0.25) is 0 Å². The summed E-state index contributed by atoms with van der Waals surface area (Å²) in [5.41, 5.74) is 0.902. The van der Waals surface area contributed by atoms with Crippen LogP contribution in [0.15, 0.2) is 18.2 Å². The van der Waals surface area contributed by atoms with Crippen molar-refractivity contribution >= 4 is 5.69 Å². The molecule has 0 spiro atoms. The number of hydrogen-bond acceptors (Lipinski definition) is 4. The summed E-state index contributed by atoms with van der Waals surface area (Å²) in [5.74, 6) is 0.710. The Kier molecular flexibility index (Phi) is 4.72. The third-order valence-corrected chi connectivity index (χ3v) is 2.08. The Labute approximate surface area is 94.6 Å². The maximum atomic E-state index is 10.6. The lowest BCUT2D eigenvalue weighted by atomic mass is 10.1. The number of ether oxygens (including phenoxy) is 1. The molecule has 1 aromatic rings. The number of nitro benzene ring substituents is 1. The van der Waals surface area contributed by atoms with E-state index >= 15 is 0 Å². The highest BCUT2D eigenvalue weighted by Crippen LogP contribution is 2.24. The van der Waals surface area contributed by atoms with Crippen LogP contribution in [0.4, 0.5) is 5.69 Å². The molecule has 1 aromatic carbocycles. The molecule has 0 unspecified atom stereocenters. The first-order valence-electron chi connectivity index (χ1n) is 5.23. The summed E-state index contributed by atoms with van der Waals surface area (Å²) in [4.78, 5) is 10.2. The number of hydrogen-bond donors (Lipinski definition) is 1. The summed E-state index contributed by atoms with van der Waals surface area (Å²) < 4.78 is 5.51. The van der Waals surface area contributed by atoms with Crippen molar-refractivity contribution in [1.82, 2.24) is 5.32 Å². The van der Waals surface area contributed by atoms with E-state index in [1.54, 1.807) is 19.2 Å². The molecule has 0 aliphatic heterocycles. The van der Waals surface area contributed by atoms with E-state index in [1.165, 1.54) is 6.07 Å². The van der Waals surface area contributed by atoms with Gasteiger partial charge in [-0.05, 0) is 19.5 Å². The van der Waals surface area contributed by atoms with Gasteiger partial charge in [0, 0.05) is 24.2 Å². The van der Waals surface area contributed by atoms with Crippen LogP contribution >= 0.6 is 0 Å². The lowest BCUT2D eigenvalue weighted by Crippen LogP contribution is -2.08. The molecular formula is C11H16N2O3. The van der Waals surface area contributed by atoms with Crippen LogP contribution in [0.5, 0.6) is 5.75 Å². The van der Waals surface area contributed by atoms with Crippen LogP contribution in [0.25, 0.3) is 0 Å². The molecule has 0 radical (unpaired) electrons. The molecule has 0 amide bonds. The molecule has 0 bridgehead atoms. The summed E-state index contributed by atoms with van der Waals surface area (Å²) in [5, 5.41) is 13.6. The van der Waals surface area contributed by atoms with Crippen LogP contribution in [-0.4, -0.2) is 18.6 Å². The van der Waals surface area contributed by atoms with Crippen LogP contribution in [-0.2, 0) is 6.54 Å². The van der Waals surface area contributed by atoms with E-state index in [1.807, 2.05) is 6.92 Å². The number of nitrogens with one attached hydrogen (secondary N) is 1. The second-order valence-electron chi connectivity index (χ2n) is 3.43. The fraction of sp³-hybridized carbons (Fsp3) is 0.455. The quantitative estimate of drug-likeness (QED) is 0.593.